The number of esters is 1. The van der Waals surface area contributed by atoms with Gasteiger partial charge in [0.15, 0.2) is 0 Å². The molecule has 0 radical (unpaired) electrons. The summed E-state index contributed by atoms with van der Waals surface area (Å²) in [5.41, 5.74) is -1.60. The fourth-order valence-corrected chi connectivity index (χ4v) is 14.0. The largest absolute Gasteiger partial charge is 0.481 e. The van der Waals surface area contributed by atoms with Crippen molar-refractivity contribution >= 4 is 23.6 Å². The number of piperidine rings is 1. The van der Waals surface area contributed by atoms with Crippen LogP contribution < -0.4 is 5.32 Å². The van der Waals surface area contributed by atoms with Crippen LogP contribution in [0, 0.1) is 62.6 Å². The van der Waals surface area contributed by atoms with Crippen molar-refractivity contribution in [3.05, 3.63) is 0 Å². The Labute approximate surface area is 302 Å². The van der Waals surface area contributed by atoms with E-state index in [1.165, 1.54) is 0 Å². The topological polar surface area (TPSA) is 113 Å². The molecule has 11 atom stereocenters. The van der Waals surface area contributed by atoms with Crippen LogP contribution in [-0.4, -0.2) is 64.9 Å². The molecule has 6 fully saturated rings. The molecule has 50 heavy (non-hydrogen) atoms. The zero-order valence-corrected chi connectivity index (χ0v) is 33.0. The number of nitrogens with one attached hydrogen (secondary N) is 1. The van der Waals surface area contributed by atoms with Crippen molar-refractivity contribution in [2.45, 2.75) is 163 Å². The second kappa shape index (κ2) is 12.6. The molecule has 1 heterocycles. The van der Waals surface area contributed by atoms with E-state index in [2.05, 4.69) is 65.7 Å². The Hall–Kier alpha value is -1.96. The molecule has 5 saturated carbocycles. The normalized spacial score (nSPS) is 44.4. The summed E-state index contributed by atoms with van der Waals surface area (Å²) in [7, 11) is 2.07. The molecule has 0 aromatic heterocycles. The highest BCUT2D eigenvalue weighted by Gasteiger charge is 2.72. The molecule has 1 saturated heterocycles. The standard InChI is InChI=1S/C42H68N2O6/c1-25(2)33-28(45)23-42(43-35(47)27-13-11-12-22-44(27)10)21-20-40(8)26(34(33)42)14-15-30-39(7)18-17-31(50-32(46)24-37(3,4)36(48)49)38(5,6)29(39)16-19-41(30,40)9/h25-27,29-31,33-34H,11-24H2,1-10H3,(H,43,47)(H,48,49)/t26?,27-,29?,30?,31-,33?,34?,39-,40+,41+,42+/m0/s1. The second-order valence-corrected chi connectivity index (χ2v) is 20.4. The highest BCUT2D eigenvalue weighted by Crippen LogP contribution is 2.76. The Morgan fingerprint density at radius 2 is 1.62 bits per heavy atom. The molecule has 1 aliphatic heterocycles. The third kappa shape index (κ3) is 5.61. The SMILES string of the molecule is CC(C)C1C(=O)C[C@]2(NC(=O)[C@@H]3CCCCN3C)CC[C@]3(C)C(CCC4[C@@]5(C)CC[C@H](OC(=O)CC(C)(C)C(=O)O)C(C)(C)C5CC[C@]43C)C12. The minimum atomic E-state index is -1.16. The van der Waals surface area contributed by atoms with Gasteiger partial charge < -0.3 is 15.2 Å². The summed E-state index contributed by atoms with van der Waals surface area (Å²) in [4.78, 5) is 55.1. The number of Topliss-reactive ketones (excluding diaryl/α,β-unsaturated/α-hetero) is 1. The van der Waals surface area contributed by atoms with E-state index in [0.717, 1.165) is 77.2 Å². The molecule has 0 spiro atoms. The Balaban J connectivity index is 1.27. The quantitative estimate of drug-likeness (QED) is 0.263. The number of likely N-dealkylation sites (N-methyl/N-ethyl adjacent to an activating group) is 1. The van der Waals surface area contributed by atoms with Gasteiger partial charge >= 0.3 is 11.9 Å². The molecular weight excluding hydrogens is 628 g/mol. The average Bonchev–Trinajstić information content (AvgIpc) is 3.30. The number of hydrogen-bond acceptors (Lipinski definition) is 6. The highest BCUT2D eigenvalue weighted by molar-refractivity contribution is 5.89. The molecule has 8 heteroatoms. The number of hydrogen-bond donors (Lipinski definition) is 2. The molecule has 0 aromatic rings. The van der Waals surface area contributed by atoms with E-state index in [4.69, 9.17) is 4.74 Å². The number of aliphatic carboxylic acids is 1. The number of ether oxygens (including phenoxy) is 1. The summed E-state index contributed by atoms with van der Waals surface area (Å²) in [5, 5.41) is 13.3. The first kappa shape index (κ1) is 37.8. The van der Waals surface area contributed by atoms with Crippen LogP contribution in [0.15, 0.2) is 0 Å². The lowest BCUT2D eigenvalue weighted by Crippen LogP contribution is -2.69. The first-order valence-corrected chi connectivity index (χ1v) is 20.1. The molecule has 6 aliphatic rings. The Bertz CT molecular complexity index is 1390. The Morgan fingerprint density at radius 1 is 0.920 bits per heavy atom. The molecule has 2 N–H and O–H groups in total. The van der Waals surface area contributed by atoms with Crippen LogP contribution in [0.1, 0.15) is 146 Å². The fourth-order valence-electron chi connectivity index (χ4n) is 14.0. The van der Waals surface area contributed by atoms with Crippen molar-refractivity contribution in [2.24, 2.45) is 62.6 Å². The van der Waals surface area contributed by atoms with Crippen LogP contribution >= 0.6 is 0 Å². The monoisotopic (exact) mass is 697 g/mol. The first-order valence-electron chi connectivity index (χ1n) is 20.1. The van der Waals surface area contributed by atoms with Crippen LogP contribution in [-0.2, 0) is 23.9 Å². The van der Waals surface area contributed by atoms with Gasteiger partial charge in [-0.2, -0.15) is 0 Å². The van der Waals surface area contributed by atoms with Crippen molar-refractivity contribution in [1.82, 2.24) is 10.2 Å². The van der Waals surface area contributed by atoms with Crippen molar-refractivity contribution in [3.8, 4) is 0 Å². The summed E-state index contributed by atoms with van der Waals surface area (Å²) in [6.07, 6.45) is 11.3. The fraction of sp³-hybridized carbons (Fsp3) is 0.905. The summed E-state index contributed by atoms with van der Waals surface area (Å²) in [6.45, 7) is 20.8. The van der Waals surface area contributed by atoms with E-state index >= 15 is 0 Å². The third-order valence-corrected chi connectivity index (χ3v) is 16.9. The number of nitrogens with zero attached hydrogens (tertiary/aromatic N) is 1. The van der Waals surface area contributed by atoms with Gasteiger partial charge in [0.2, 0.25) is 5.91 Å². The lowest BCUT2D eigenvalue weighted by molar-refractivity contribution is -0.247. The molecule has 0 aromatic carbocycles. The van der Waals surface area contributed by atoms with E-state index in [0.29, 0.717) is 30.0 Å². The highest BCUT2D eigenvalue weighted by atomic mass is 16.5. The van der Waals surface area contributed by atoms with E-state index in [1.807, 2.05) is 0 Å². The summed E-state index contributed by atoms with van der Waals surface area (Å²) in [6, 6.07) is -0.106. The minimum Gasteiger partial charge on any atom is -0.481 e. The van der Waals surface area contributed by atoms with Crippen LogP contribution in [0.2, 0.25) is 0 Å². The molecule has 5 aliphatic carbocycles. The molecule has 1 amide bonds. The second-order valence-electron chi connectivity index (χ2n) is 20.4. The molecule has 8 nitrogen and oxygen atoms in total. The zero-order chi connectivity index (χ0) is 36.8. The predicted molar refractivity (Wildman–Crippen MR) is 194 cm³/mol. The number of carboxylic acid groups (broad SMARTS) is 1. The number of carboxylic acids is 1. The first-order chi connectivity index (χ1) is 23.1. The summed E-state index contributed by atoms with van der Waals surface area (Å²) < 4.78 is 6.17. The van der Waals surface area contributed by atoms with Crippen molar-refractivity contribution in [2.75, 3.05) is 13.6 Å². The van der Waals surface area contributed by atoms with Gasteiger partial charge in [-0.25, -0.2) is 0 Å². The lowest BCUT2D eigenvalue weighted by atomic mass is 9.32. The average molecular weight is 697 g/mol. The van der Waals surface area contributed by atoms with Crippen molar-refractivity contribution in [1.29, 1.82) is 0 Å². The number of fused-ring (bicyclic) bond motifs is 7. The number of carbonyl (C=O) groups excluding carboxylic acids is 3. The van der Waals surface area contributed by atoms with Crippen LogP contribution in [0.25, 0.3) is 0 Å². The van der Waals surface area contributed by atoms with Crippen LogP contribution in [0.5, 0.6) is 0 Å². The van der Waals surface area contributed by atoms with Gasteiger partial charge in [0.1, 0.15) is 11.9 Å². The predicted octanol–water partition coefficient (Wildman–Crippen LogP) is 7.67. The number of carbonyl (C=O) groups is 4. The maximum atomic E-state index is 14.1. The van der Waals surface area contributed by atoms with Gasteiger partial charge in [0.25, 0.3) is 0 Å². The van der Waals surface area contributed by atoms with E-state index < -0.39 is 22.9 Å². The summed E-state index contributed by atoms with van der Waals surface area (Å²) in [5.74, 6) is 0.764. The van der Waals surface area contributed by atoms with Gasteiger partial charge in [0, 0.05) is 17.8 Å². The Kier molecular flexibility index (Phi) is 9.50. The number of ketones is 1. The maximum absolute atomic E-state index is 14.1. The lowest BCUT2D eigenvalue weighted by Gasteiger charge is -2.73. The van der Waals surface area contributed by atoms with Gasteiger partial charge in [-0.15, -0.1) is 0 Å². The van der Waals surface area contributed by atoms with E-state index in [1.54, 1.807) is 13.8 Å². The molecule has 6 rings (SSSR count). The van der Waals surface area contributed by atoms with Crippen molar-refractivity contribution < 1.29 is 29.0 Å². The molecule has 282 valence electrons. The van der Waals surface area contributed by atoms with Crippen LogP contribution in [0.4, 0.5) is 0 Å². The maximum Gasteiger partial charge on any atom is 0.309 e. The van der Waals surface area contributed by atoms with Crippen LogP contribution in [0.3, 0.4) is 0 Å². The summed E-state index contributed by atoms with van der Waals surface area (Å²) >= 11 is 0. The van der Waals surface area contributed by atoms with Gasteiger partial charge in [0.05, 0.1) is 23.4 Å². The van der Waals surface area contributed by atoms with Gasteiger partial charge in [-0.3, -0.25) is 24.1 Å². The van der Waals surface area contributed by atoms with Gasteiger partial charge in [-0.05, 0) is 137 Å². The molecule has 0 bridgehead atoms. The smallest absolute Gasteiger partial charge is 0.309 e. The number of rotatable bonds is 7. The molecular formula is C42H68N2O6. The Morgan fingerprint density at radius 3 is 2.26 bits per heavy atom. The van der Waals surface area contributed by atoms with Crippen molar-refractivity contribution in [3.63, 3.8) is 0 Å². The van der Waals surface area contributed by atoms with E-state index in [-0.39, 0.29) is 63.9 Å². The van der Waals surface area contributed by atoms with Gasteiger partial charge in [-0.1, -0.05) is 54.9 Å². The zero-order valence-electron chi connectivity index (χ0n) is 33.0. The third-order valence-electron chi connectivity index (χ3n) is 16.9. The number of amides is 1. The van der Waals surface area contributed by atoms with E-state index in [9.17, 15) is 24.3 Å². The minimum absolute atomic E-state index is 0.0220. The molecule has 5 unspecified atom stereocenters. The number of likely N-dealkylation sites (tertiary alicyclic amines) is 1.